The minimum absolute atomic E-state index is 0.0515. The number of morpholine rings is 1. The first kappa shape index (κ1) is 26.2. The van der Waals surface area contributed by atoms with Crippen LogP contribution in [-0.2, 0) is 23.9 Å². The van der Waals surface area contributed by atoms with Crippen LogP contribution in [0.4, 0.5) is 0 Å². The SMILES string of the molecule is C=CCOC(=O)[C@@H]1[C@H]2C(=O)N([C@H](C)CO)C(C(=O)N(CC=C)CCN3CCOCC3)C23CC[C@H]1S3. The summed E-state index contributed by atoms with van der Waals surface area (Å²) in [4.78, 5) is 46.6. The Bertz CT molecular complexity index is 849. The van der Waals surface area contributed by atoms with Gasteiger partial charge >= 0.3 is 5.97 Å². The molecule has 0 aliphatic carbocycles. The van der Waals surface area contributed by atoms with Crippen molar-refractivity contribution in [1.82, 2.24) is 14.7 Å². The second-order valence-electron chi connectivity index (χ2n) is 9.78. The fourth-order valence-electron chi connectivity index (χ4n) is 6.14. The smallest absolute Gasteiger partial charge is 0.311 e. The van der Waals surface area contributed by atoms with Gasteiger partial charge in [0.25, 0.3) is 0 Å². The van der Waals surface area contributed by atoms with Gasteiger partial charge in [-0.05, 0) is 19.8 Å². The van der Waals surface area contributed by atoms with E-state index in [0.29, 0.717) is 39.3 Å². The first-order valence-electron chi connectivity index (χ1n) is 12.5. The van der Waals surface area contributed by atoms with Crippen molar-refractivity contribution in [2.45, 2.75) is 41.8 Å². The minimum Gasteiger partial charge on any atom is -0.461 e. The molecule has 9 nitrogen and oxygen atoms in total. The lowest BCUT2D eigenvalue weighted by Gasteiger charge is -2.39. The molecule has 4 heterocycles. The van der Waals surface area contributed by atoms with E-state index in [0.717, 1.165) is 19.5 Å². The molecule has 6 atom stereocenters. The fourth-order valence-corrected chi connectivity index (χ4v) is 8.33. The number of carbonyl (C=O) groups excluding carboxylic acids is 3. The molecule has 0 radical (unpaired) electrons. The normalized spacial score (nSPS) is 32.9. The third-order valence-corrected chi connectivity index (χ3v) is 9.73. The van der Waals surface area contributed by atoms with Crippen LogP contribution in [0.2, 0.25) is 0 Å². The Morgan fingerprint density at radius 3 is 2.74 bits per heavy atom. The number of hydrogen-bond acceptors (Lipinski definition) is 8. The van der Waals surface area contributed by atoms with Gasteiger partial charge in [-0.1, -0.05) is 18.7 Å². The number of carbonyl (C=O) groups is 3. The second kappa shape index (κ2) is 11.0. The molecule has 10 heteroatoms. The Morgan fingerprint density at radius 1 is 1.34 bits per heavy atom. The first-order valence-corrected chi connectivity index (χ1v) is 13.4. The Hall–Kier alpha value is -1.88. The maximum absolute atomic E-state index is 14.2. The summed E-state index contributed by atoms with van der Waals surface area (Å²) in [5.74, 6) is -1.98. The number of hydrogen-bond donors (Lipinski definition) is 1. The van der Waals surface area contributed by atoms with Gasteiger partial charge < -0.3 is 24.4 Å². The molecule has 4 fully saturated rings. The molecule has 1 N–H and O–H groups in total. The minimum atomic E-state index is -0.737. The van der Waals surface area contributed by atoms with E-state index in [2.05, 4.69) is 18.1 Å². The molecule has 1 spiro atoms. The molecule has 194 valence electrons. The average Bonchev–Trinajstić information content (AvgIpc) is 3.52. The highest BCUT2D eigenvalue weighted by Gasteiger charge is 2.74. The van der Waals surface area contributed by atoms with E-state index in [1.807, 2.05) is 0 Å². The van der Waals surface area contributed by atoms with E-state index in [1.54, 1.807) is 34.6 Å². The molecule has 4 rings (SSSR count). The van der Waals surface area contributed by atoms with Crippen LogP contribution in [0.25, 0.3) is 0 Å². The summed E-state index contributed by atoms with van der Waals surface area (Å²) in [6, 6.07) is -1.27. The highest BCUT2D eigenvalue weighted by Crippen LogP contribution is 2.66. The first-order chi connectivity index (χ1) is 16.9. The molecule has 0 saturated carbocycles. The monoisotopic (exact) mass is 507 g/mol. The summed E-state index contributed by atoms with van der Waals surface area (Å²) in [6.07, 6.45) is 4.65. The molecule has 4 aliphatic heterocycles. The number of nitrogens with zero attached hydrogens (tertiary/aromatic N) is 3. The summed E-state index contributed by atoms with van der Waals surface area (Å²) >= 11 is 1.60. The van der Waals surface area contributed by atoms with Crippen molar-refractivity contribution in [1.29, 1.82) is 0 Å². The van der Waals surface area contributed by atoms with E-state index < -0.39 is 34.6 Å². The van der Waals surface area contributed by atoms with Crippen LogP contribution in [0.1, 0.15) is 19.8 Å². The molecule has 0 aromatic rings. The maximum atomic E-state index is 14.2. The number of aliphatic hydroxyl groups is 1. The molecule has 0 aromatic carbocycles. The van der Waals surface area contributed by atoms with Crippen molar-refractivity contribution in [2.75, 3.05) is 59.2 Å². The topological polar surface area (TPSA) is 99.6 Å². The zero-order valence-corrected chi connectivity index (χ0v) is 21.3. The lowest BCUT2D eigenvalue weighted by molar-refractivity contribution is -0.153. The molecular weight excluding hydrogens is 470 g/mol. The van der Waals surface area contributed by atoms with Crippen LogP contribution in [-0.4, -0.2) is 119 Å². The maximum Gasteiger partial charge on any atom is 0.311 e. The number of amides is 2. The van der Waals surface area contributed by atoms with E-state index in [9.17, 15) is 19.5 Å². The van der Waals surface area contributed by atoms with Gasteiger partial charge in [-0.25, -0.2) is 0 Å². The standard InChI is InChI=1S/C25H37N3O6S/c1-4-8-27(10-9-26-11-14-33-15-12-26)23(31)21-25-7-6-18(35-25)19(24(32)34-13-5-2)20(25)22(30)28(21)17(3)16-29/h4-5,17-21,29H,1-2,6-16H2,3H3/t17-,18-,19+,20+,21?,25?/m1/s1. The molecule has 2 amide bonds. The van der Waals surface area contributed by atoms with Gasteiger partial charge in [-0.15, -0.1) is 18.3 Å². The molecule has 4 saturated heterocycles. The molecule has 35 heavy (non-hydrogen) atoms. The Kier molecular flexibility index (Phi) is 8.25. The van der Waals surface area contributed by atoms with Crippen molar-refractivity contribution in [3.8, 4) is 0 Å². The number of aliphatic hydroxyl groups excluding tert-OH is 1. The van der Waals surface area contributed by atoms with Crippen LogP contribution in [0.3, 0.4) is 0 Å². The van der Waals surface area contributed by atoms with Gasteiger partial charge in [-0.2, -0.15) is 0 Å². The summed E-state index contributed by atoms with van der Waals surface area (Å²) < 4.78 is 10.1. The number of ether oxygens (including phenoxy) is 2. The van der Waals surface area contributed by atoms with Crippen LogP contribution in [0.15, 0.2) is 25.3 Å². The number of thioether (sulfide) groups is 1. The third kappa shape index (κ3) is 4.65. The zero-order chi connectivity index (χ0) is 25.2. The molecule has 4 aliphatic rings. The Morgan fingerprint density at radius 2 is 2.09 bits per heavy atom. The van der Waals surface area contributed by atoms with Crippen molar-refractivity contribution in [3.63, 3.8) is 0 Å². The Labute approximate surface area is 211 Å². The molecule has 0 aromatic heterocycles. The van der Waals surface area contributed by atoms with Gasteiger partial charge in [0.1, 0.15) is 12.6 Å². The zero-order valence-electron chi connectivity index (χ0n) is 20.5. The van der Waals surface area contributed by atoms with E-state index in [-0.39, 0.29) is 30.3 Å². The predicted molar refractivity (Wildman–Crippen MR) is 133 cm³/mol. The average molecular weight is 508 g/mol. The van der Waals surface area contributed by atoms with Crippen molar-refractivity contribution in [2.24, 2.45) is 11.8 Å². The summed E-state index contributed by atoms with van der Waals surface area (Å²) in [7, 11) is 0. The van der Waals surface area contributed by atoms with E-state index in [1.165, 1.54) is 6.08 Å². The molecule has 2 bridgehead atoms. The second-order valence-corrected chi connectivity index (χ2v) is 11.4. The van der Waals surface area contributed by atoms with Crippen LogP contribution < -0.4 is 0 Å². The van der Waals surface area contributed by atoms with Gasteiger partial charge in [0.05, 0.1) is 42.4 Å². The summed E-state index contributed by atoms with van der Waals surface area (Å²) in [5.41, 5.74) is 0. The fraction of sp³-hybridized carbons (Fsp3) is 0.720. The quantitative estimate of drug-likeness (QED) is 0.320. The number of esters is 1. The van der Waals surface area contributed by atoms with Crippen molar-refractivity contribution >= 4 is 29.5 Å². The van der Waals surface area contributed by atoms with Crippen molar-refractivity contribution in [3.05, 3.63) is 25.3 Å². The number of fused-ring (bicyclic) bond motifs is 1. The van der Waals surface area contributed by atoms with Gasteiger partial charge in [0, 0.05) is 38.0 Å². The highest BCUT2D eigenvalue weighted by molar-refractivity contribution is 8.02. The van der Waals surface area contributed by atoms with E-state index >= 15 is 0 Å². The van der Waals surface area contributed by atoms with Crippen molar-refractivity contribution < 1.29 is 29.0 Å². The lowest BCUT2D eigenvalue weighted by Crippen LogP contribution is -2.57. The molecule has 2 unspecified atom stereocenters. The Balaban J connectivity index is 1.62. The molecular formula is C25H37N3O6S. The van der Waals surface area contributed by atoms with Gasteiger partial charge in [-0.3, -0.25) is 19.3 Å². The number of rotatable bonds is 11. The summed E-state index contributed by atoms with van der Waals surface area (Å²) in [6.45, 7) is 13.6. The van der Waals surface area contributed by atoms with Crippen LogP contribution >= 0.6 is 11.8 Å². The van der Waals surface area contributed by atoms with Gasteiger partial charge in [0.2, 0.25) is 11.8 Å². The largest absolute Gasteiger partial charge is 0.461 e. The number of likely N-dealkylation sites (tertiary alicyclic amines) is 1. The predicted octanol–water partition coefficient (Wildman–Crippen LogP) is 0.534. The lowest BCUT2D eigenvalue weighted by atomic mass is 9.71. The third-order valence-electron chi connectivity index (χ3n) is 7.78. The van der Waals surface area contributed by atoms with Gasteiger partial charge in [0.15, 0.2) is 0 Å². The van der Waals surface area contributed by atoms with Crippen LogP contribution in [0.5, 0.6) is 0 Å². The van der Waals surface area contributed by atoms with E-state index in [4.69, 9.17) is 9.47 Å². The summed E-state index contributed by atoms with van der Waals surface area (Å²) in [5, 5.41) is 9.94. The van der Waals surface area contributed by atoms with Crippen LogP contribution in [0, 0.1) is 11.8 Å². The highest BCUT2D eigenvalue weighted by atomic mass is 32.2.